The van der Waals surface area contributed by atoms with Crippen LogP contribution in [0.25, 0.3) is 0 Å². The highest BCUT2D eigenvalue weighted by molar-refractivity contribution is 9.09. The zero-order valence-electron chi connectivity index (χ0n) is 11.5. The number of nitrogens with one attached hydrogen (secondary N) is 1. The molecule has 0 radical (unpaired) electrons. The molecule has 3 heteroatoms. The molecule has 2 fully saturated rings. The van der Waals surface area contributed by atoms with E-state index >= 15 is 0 Å². The smallest absolute Gasteiger partial charge is 0.224 e. The van der Waals surface area contributed by atoms with Crippen molar-refractivity contribution in [2.24, 2.45) is 17.8 Å². The summed E-state index contributed by atoms with van der Waals surface area (Å²) in [5.41, 5.74) is 2.89. The van der Waals surface area contributed by atoms with Crippen molar-refractivity contribution in [1.82, 2.24) is 5.32 Å². The number of alkyl halides is 1. The van der Waals surface area contributed by atoms with Gasteiger partial charge >= 0.3 is 0 Å². The summed E-state index contributed by atoms with van der Waals surface area (Å²) in [5, 5.41) is 3.17. The molecule has 0 aliphatic heterocycles. The average molecular weight is 334 g/mol. The van der Waals surface area contributed by atoms with Gasteiger partial charge in [-0.2, -0.15) is 0 Å². The highest BCUT2D eigenvalue weighted by atomic mass is 79.9. The number of benzene rings is 1. The summed E-state index contributed by atoms with van der Waals surface area (Å²) >= 11 is 3.69. The van der Waals surface area contributed by atoms with Gasteiger partial charge in [-0.15, -0.1) is 0 Å². The quantitative estimate of drug-likeness (QED) is 0.842. The van der Waals surface area contributed by atoms with Gasteiger partial charge in [0, 0.05) is 17.3 Å². The predicted molar refractivity (Wildman–Crippen MR) is 82.9 cm³/mol. The van der Waals surface area contributed by atoms with Gasteiger partial charge in [-0.3, -0.25) is 4.79 Å². The van der Waals surface area contributed by atoms with Crippen LogP contribution in [-0.4, -0.2) is 17.3 Å². The number of hydrogen-bond donors (Lipinski definition) is 1. The fourth-order valence-electron chi connectivity index (χ4n) is 3.86. The maximum absolute atomic E-state index is 12.4. The normalized spacial score (nSPS) is 31.9. The molecule has 0 spiro atoms. The number of carbonyl (C=O) groups excluding carboxylic acids is 1. The molecule has 3 aliphatic rings. The Morgan fingerprint density at radius 2 is 2.10 bits per heavy atom. The van der Waals surface area contributed by atoms with E-state index < -0.39 is 0 Å². The minimum Gasteiger partial charge on any atom is -0.355 e. The minimum absolute atomic E-state index is 0.234. The fourth-order valence-corrected chi connectivity index (χ4v) is 4.55. The van der Waals surface area contributed by atoms with Crippen LogP contribution >= 0.6 is 15.9 Å². The highest BCUT2D eigenvalue weighted by Crippen LogP contribution is 2.59. The van der Waals surface area contributed by atoms with Gasteiger partial charge in [-0.25, -0.2) is 0 Å². The van der Waals surface area contributed by atoms with Crippen LogP contribution in [0.4, 0.5) is 0 Å². The molecule has 3 aliphatic carbocycles. The van der Waals surface area contributed by atoms with E-state index in [1.165, 1.54) is 30.4 Å². The van der Waals surface area contributed by atoms with Crippen molar-refractivity contribution in [2.45, 2.75) is 36.4 Å². The summed E-state index contributed by atoms with van der Waals surface area (Å²) in [6.45, 7) is 0.793. The maximum Gasteiger partial charge on any atom is 0.224 e. The number of hydrogen-bond acceptors (Lipinski definition) is 1. The van der Waals surface area contributed by atoms with Gasteiger partial charge in [0.1, 0.15) is 0 Å². The third kappa shape index (κ3) is 2.20. The van der Waals surface area contributed by atoms with Crippen molar-refractivity contribution in [3.63, 3.8) is 0 Å². The molecule has 0 saturated heterocycles. The molecule has 1 aromatic carbocycles. The van der Waals surface area contributed by atoms with Gasteiger partial charge in [0.05, 0.1) is 0 Å². The highest BCUT2D eigenvalue weighted by Gasteiger charge is 2.56. The average Bonchev–Trinajstić information content (AvgIpc) is 3.37. The third-order valence-corrected chi connectivity index (χ3v) is 6.31. The van der Waals surface area contributed by atoms with Crippen molar-refractivity contribution < 1.29 is 4.79 Å². The van der Waals surface area contributed by atoms with E-state index in [-0.39, 0.29) is 11.8 Å². The Morgan fingerprint density at radius 1 is 1.30 bits per heavy atom. The van der Waals surface area contributed by atoms with Gasteiger partial charge in [-0.1, -0.05) is 40.2 Å². The second-order valence-electron chi connectivity index (χ2n) is 6.55. The molecule has 1 N–H and O–H groups in total. The zero-order valence-corrected chi connectivity index (χ0v) is 13.1. The number of amides is 1. The molecule has 4 atom stereocenters. The number of carbonyl (C=O) groups is 1. The first-order valence-electron chi connectivity index (χ1n) is 7.75. The molecule has 4 rings (SSSR count). The molecule has 0 bridgehead atoms. The Morgan fingerprint density at radius 3 is 2.90 bits per heavy atom. The van der Waals surface area contributed by atoms with Crippen LogP contribution < -0.4 is 5.32 Å². The van der Waals surface area contributed by atoms with Crippen molar-refractivity contribution in [2.75, 3.05) is 6.54 Å². The van der Waals surface area contributed by atoms with Crippen LogP contribution in [-0.2, 0) is 11.2 Å². The molecule has 1 aromatic rings. The second-order valence-corrected chi connectivity index (χ2v) is 7.73. The second kappa shape index (κ2) is 4.87. The molecule has 0 heterocycles. The SMILES string of the molecule is O=C(NCC(Br)C1CC1)C1C2CCc3ccccc3C21. The van der Waals surface area contributed by atoms with Crippen molar-refractivity contribution in [3.05, 3.63) is 35.4 Å². The van der Waals surface area contributed by atoms with E-state index in [0.717, 1.165) is 18.9 Å². The van der Waals surface area contributed by atoms with Crippen molar-refractivity contribution >= 4 is 21.8 Å². The number of aryl methyl sites for hydroxylation is 1. The van der Waals surface area contributed by atoms with E-state index in [9.17, 15) is 4.79 Å². The fraction of sp³-hybridized carbons (Fsp3) is 0.588. The van der Waals surface area contributed by atoms with Gasteiger partial charge in [0.25, 0.3) is 0 Å². The molecule has 4 unspecified atom stereocenters. The van der Waals surface area contributed by atoms with Crippen LogP contribution in [0.3, 0.4) is 0 Å². The molecule has 2 nitrogen and oxygen atoms in total. The lowest BCUT2D eigenvalue weighted by Crippen LogP contribution is -2.32. The maximum atomic E-state index is 12.4. The Bertz CT molecular complexity index is 540. The number of fused-ring (bicyclic) bond motifs is 3. The van der Waals surface area contributed by atoms with Crippen LogP contribution in [0.15, 0.2) is 24.3 Å². The first-order chi connectivity index (χ1) is 9.75. The van der Waals surface area contributed by atoms with Crippen LogP contribution in [0.5, 0.6) is 0 Å². The molecule has 0 aromatic heterocycles. The molecular weight excluding hydrogens is 314 g/mol. The van der Waals surface area contributed by atoms with Crippen LogP contribution in [0.1, 0.15) is 36.3 Å². The summed E-state index contributed by atoms with van der Waals surface area (Å²) in [5.74, 6) is 2.39. The van der Waals surface area contributed by atoms with Gasteiger partial charge < -0.3 is 5.32 Å². The zero-order chi connectivity index (χ0) is 13.7. The molecule has 20 heavy (non-hydrogen) atoms. The first kappa shape index (κ1) is 12.9. The third-order valence-electron chi connectivity index (χ3n) is 5.24. The molecule has 2 saturated carbocycles. The Balaban J connectivity index is 1.40. The summed E-state index contributed by atoms with van der Waals surface area (Å²) in [4.78, 5) is 12.9. The van der Waals surface area contributed by atoms with E-state index in [4.69, 9.17) is 0 Å². The predicted octanol–water partition coefficient (Wildman–Crippen LogP) is 3.25. The Kier molecular flexibility index (Phi) is 3.13. The van der Waals surface area contributed by atoms with Gasteiger partial charge in [0.15, 0.2) is 0 Å². The van der Waals surface area contributed by atoms with E-state index in [0.29, 0.717) is 16.7 Å². The lowest BCUT2D eigenvalue weighted by atomic mass is 9.92. The van der Waals surface area contributed by atoms with Crippen LogP contribution in [0, 0.1) is 17.8 Å². The minimum atomic E-state index is 0.234. The van der Waals surface area contributed by atoms with Crippen LogP contribution in [0.2, 0.25) is 0 Å². The molecule has 1 amide bonds. The summed E-state index contributed by atoms with van der Waals surface area (Å²) < 4.78 is 0. The van der Waals surface area contributed by atoms with E-state index in [1.807, 2.05) is 0 Å². The Hall–Kier alpha value is -0.830. The van der Waals surface area contributed by atoms with Crippen molar-refractivity contribution in [1.29, 1.82) is 0 Å². The lowest BCUT2D eigenvalue weighted by molar-refractivity contribution is -0.122. The number of rotatable bonds is 4. The standard InChI is InChI=1S/C17H20BrNO/c18-14(11-5-6-11)9-19-17(20)16-13-8-7-10-3-1-2-4-12(10)15(13)16/h1-4,11,13-16H,5-9H2,(H,19,20). The summed E-state index contributed by atoms with van der Waals surface area (Å²) in [6, 6.07) is 8.66. The molecule has 106 valence electrons. The first-order valence-corrected chi connectivity index (χ1v) is 8.67. The van der Waals surface area contributed by atoms with Crippen molar-refractivity contribution in [3.8, 4) is 0 Å². The summed E-state index contributed by atoms with van der Waals surface area (Å²) in [6.07, 6.45) is 4.95. The Labute approximate surface area is 128 Å². The van der Waals surface area contributed by atoms with E-state index in [1.54, 1.807) is 0 Å². The number of halogens is 1. The topological polar surface area (TPSA) is 29.1 Å². The largest absolute Gasteiger partial charge is 0.355 e. The monoisotopic (exact) mass is 333 g/mol. The van der Waals surface area contributed by atoms with Gasteiger partial charge in [-0.05, 0) is 54.6 Å². The lowest BCUT2D eigenvalue weighted by Gasteiger charge is -2.13. The summed E-state index contributed by atoms with van der Waals surface area (Å²) in [7, 11) is 0. The van der Waals surface area contributed by atoms with E-state index in [2.05, 4.69) is 45.5 Å². The molecular formula is C17H20BrNO. The van der Waals surface area contributed by atoms with Gasteiger partial charge in [0.2, 0.25) is 5.91 Å².